The zero-order valence-electron chi connectivity index (χ0n) is 23.2. The lowest BCUT2D eigenvalue weighted by Gasteiger charge is -2.36. The van der Waals surface area contributed by atoms with E-state index in [1.165, 1.54) is 11.1 Å². The van der Waals surface area contributed by atoms with Crippen molar-refractivity contribution < 1.29 is 13.6 Å². The Morgan fingerprint density at radius 1 is 0.794 bits per heavy atom. The van der Waals surface area contributed by atoms with Gasteiger partial charge in [-0.3, -0.25) is 0 Å². The van der Waals surface area contributed by atoms with Crippen LogP contribution in [0.4, 0.5) is 0 Å². The van der Waals surface area contributed by atoms with Crippen molar-refractivity contribution in [1.82, 2.24) is 0 Å². The summed E-state index contributed by atoms with van der Waals surface area (Å²) in [6.45, 7) is 27.7. The lowest BCUT2D eigenvalue weighted by atomic mass is 9.97. The number of ether oxygens (including phenoxy) is 1. The molecule has 0 unspecified atom stereocenters. The molecule has 3 nitrogen and oxygen atoms in total. The molecule has 0 amide bonds. The lowest BCUT2D eigenvalue weighted by Crippen LogP contribution is -2.40. The van der Waals surface area contributed by atoms with Crippen LogP contribution in [0.15, 0.2) is 55.1 Å². The van der Waals surface area contributed by atoms with Gasteiger partial charge in [0.15, 0.2) is 18.1 Å². The van der Waals surface area contributed by atoms with E-state index in [0.29, 0.717) is 19.0 Å². The van der Waals surface area contributed by atoms with Crippen molar-refractivity contribution >= 4 is 23.8 Å². The summed E-state index contributed by atoms with van der Waals surface area (Å²) in [5.41, 5.74) is 4.22. The summed E-state index contributed by atoms with van der Waals surface area (Å²) in [6.07, 6.45) is 0. The van der Waals surface area contributed by atoms with Crippen LogP contribution in [-0.4, -0.2) is 18.1 Å². The second-order valence-electron chi connectivity index (χ2n) is 12.5. The second kappa shape index (κ2) is 10.9. The SMILES string of the molecule is C=C(OCc1ccc(C(C)(C)O[SiH2]C(C)(C)C)cc1)c1ccc(CO[Si](C)(C)C(C)(C)C)cc1. The van der Waals surface area contributed by atoms with Crippen molar-refractivity contribution in [2.75, 3.05) is 0 Å². The van der Waals surface area contributed by atoms with Gasteiger partial charge in [0.25, 0.3) is 0 Å². The zero-order valence-corrected chi connectivity index (χ0v) is 25.6. The zero-order chi connectivity index (χ0) is 25.8. The molecule has 0 N–H and O–H groups in total. The van der Waals surface area contributed by atoms with Gasteiger partial charge in [0.1, 0.15) is 12.4 Å². The predicted molar refractivity (Wildman–Crippen MR) is 151 cm³/mol. The second-order valence-corrected chi connectivity index (χ2v) is 20.0. The molecule has 188 valence electrons. The van der Waals surface area contributed by atoms with Gasteiger partial charge in [-0.05, 0) is 53.7 Å². The van der Waals surface area contributed by atoms with Crippen LogP contribution >= 0.6 is 0 Å². The maximum absolute atomic E-state index is 6.33. The van der Waals surface area contributed by atoms with E-state index in [-0.39, 0.29) is 15.7 Å². The van der Waals surface area contributed by atoms with Gasteiger partial charge < -0.3 is 13.6 Å². The van der Waals surface area contributed by atoms with Crippen LogP contribution in [0.5, 0.6) is 0 Å². The lowest BCUT2D eigenvalue weighted by molar-refractivity contribution is 0.109. The van der Waals surface area contributed by atoms with Crippen molar-refractivity contribution in [3.63, 3.8) is 0 Å². The van der Waals surface area contributed by atoms with Crippen LogP contribution in [0.25, 0.3) is 5.76 Å². The maximum Gasteiger partial charge on any atom is 0.192 e. The quantitative estimate of drug-likeness (QED) is 0.246. The molecule has 0 saturated heterocycles. The van der Waals surface area contributed by atoms with E-state index in [1.54, 1.807) is 0 Å². The third-order valence-electron chi connectivity index (χ3n) is 6.61. The molecule has 0 fully saturated rings. The van der Waals surface area contributed by atoms with Crippen molar-refractivity contribution in [2.24, 2.45) is 0 Å². The van der Waals surface area contributed by atoms with E-state index in [1.807, 2.05) is 0 Å². The van der Waals surface area contributed by atoms with Gasteiger partial charge in [-0.25, -0.2) is 0 Å². The molecule has 0 saturated carbocycles. The van der Waals surface area contributed by atoms with Gasteiger partial charge in [0.05, 0.1) is 12.2 Å². The Balaban J connectivity index is 1.90. The fraction of sp³-hybridized carbons (Fsp3) is 0.517. The Kier molecular flexibility index (Phi) is 9.19. The third-order valence-corrected chi connectivity index (χ3v) is 12.8. The predicted octanol–water partition coefficient (Wildman–Crippen LogP) is 7.95. The number of benzene rings is 2. The van der Waals surface area contributed by atoms with Gasteiger partial charge in [0, 0.05) is 5.56 Å². The molecule has 0 bridgehead atoms. The Morgan fingerprint density at radius 2 is 1.29 bits per heavy atom. The first-order valence-electron chi connectivity index (χ1n) is 12.3. The van der Waals surface area contributed by atoms with Crippen LogP contribution in [-0.2, 0) is 32.4 Å². The highest BCUT2D eigenvalue weighted by Gasteiger charge is 2.37. The van der Waals surface area contributed by atoms with Gasteiger partial charge in [-0.15, -0.1) is 0 Å². The summed E-state index contributed by atoms with van der Waals surface area (Å²) in [5, 5.41) is 0.492. The molecule has 0 atom stereocenters. The van der Waals surface area contributed by atoms with Crippen molar-refractivity contribution in [3.05, 3.63) is 77.4 Å². The molecule has 2 aromatic carbocycles. The van der Waals surface area contributed by atoms with Crippen LogP contribution in [0.1, 0.15) is 77.6 Å². The van der Waals surface area contributed by atoms with E-state index in [9.17, 15) is 0 Å². The van der Waals surface area contributed by atoms with Gasteiger partial charge in [0.2, 0.25) is 0 Å². The summed E-state index contributed by atoms with van der Waals surface area (Å²) < 4.78 is 18.6. The third kappa shape index (κ3) is 8.52. The minimum Gasteiger partial charge on any atom is -0.489 e. The minimum atomic E-state index is -1.75. The van der Waals surface area contributed by atoms with Crippen molar-refractivity contribution in [3.8, 4) is 0 Å². The first kappa shape index (κ1) is 28.6. The van der Waals surface area contributed by atoms with Crippen LogP contribution in [0.3, 0.4) is 0 Å². The Hall–Kier alpha value is -1.67. The normalized spacial score (nSPS) is 13.5. The molecular formula is C29H46O3Si2. The van der Waals surface area contributed by atoms with Crippen molar-refractivity contribution in [1.29, 1.82) is 0 Å². The molecule has 0 aliphatic rings. The highest BCUT2D eigenvalue weighted by molar-refractivity contribution is 6.74. The molecule has 0 aliphatic carbocycles. The first-order chi connectivity index (χ1) is 15.5. The number of rotatable bonds is 10. The highest BCUT2D eigenvalue weighted by atomic mass is 28.4. The molecular weight excluding hydrogens is 452 g/mol. The van der Waals surface area contributed by atoms with E-state index in [0.717, 1.165) is 11.1 Å². The fourth-order valence-electron chi connectivity index (χ4n) is 3.00. The van der Waals surface area contributed by atoms with Crippen LogP contribution in [0, 0.1) is 0 Å². The molecule has 2 aromatic rings. The largest absolute Gasteiger partial charge is 0.489 e. The summed E-state index contributed by atoms with van der Waals surface area (Å²) in [7, 11) is -2.37. The molecule has 2 rings (SSSR count). The molecule has 0 heterocycles. The summed E-state index contributed by atoms with van der Waals surface area (Å²) in [5.74, 6) is 0.681. The fourth-order valence-corrected chi connectivity index (χ4v) is 4.92. The molecule has 5 heteroatoms. The van der Waals surface area contributed by atoms with E-state index >= 15 is 0 Å². The molecule has 0 aliphatic heterocycles. The van der Waals surface area contributed by atoms with Crippen LogP contribution in [0.2, 0.25) is 23.2 Å². The van der Waals surface area contributed by atoms with Crippen LogP contribution < -0.4 is 0 Å². The van der Waals surface area contributed by atoms with Gasteiger partial charge in [-0.2, -0.15) is 0 Å². The first-order valence-corrected chi connectivity index (χ1v) is 16.5. The Labute approximate surface area is 212 Å². The Bertz CT molecular complexity index is 931. The van der Waals surface area contributed by atoms with E-state index < -0.39 is 18.1 Å². The molecule has 0 aromatic heterocycles. The standard InChI is InChI=1S/C29H46O3Si2/c1-22(25-16-12-24(13-17-25)21-31-34(10,11)28(5,6)7)30-20-23-14-18-26(19-15-23)29(8,9)32-33-27(2,3)4/h12-19H,1,20-21,33H2,2-11H3. The number of hydrogen-bond acceptors (Lipinski definition) is 3. The molecule has 0 radical (unpaired) electrons. The number of hydrogen-bond donors (Lipinski definition) is 0. The molecule has 0 spiro atoms. The summed E-state index contributed by atoms with van der Waals surface area (Å²) in [6, 6.07) is 16.9. The van der Waals surface area contributed by atoms with E-state index in [4.69, 9.17) is 13.6 Å². The summed E-state index contributed by atoms with van der Waals surface area (Å²) in [4.78, 5) is 0. The minimum absolute atomic E-state index is 0.212. The highest BCUT2D eigenvalue weighted by Crippen LogP contribution is 2.37. The monoisotopic (exact) mass is 498 g/mol. The average molecular weight is 499 g/mol. The molecule has 34 heavy (non-hydrogen) atoms. The maximum atomic E-state index is 6.33. The van der Waals surface area contributed by atoms with Gasteiger partial charge in [-0.1, -0.05) is 96.7 Å². The average Bonchev–Trinajstić information content (AvgIpc) is 2.74. The topological polar surface area (TPSA) is 27.7 Å². The van der Waals surface area contributed by atoms with Gasteiger partial charge >= 0.3 is 0 Å². The van der Waals surface area contributed by atoms with Crippen molar-refractivity contribution in [2.45, 2.75) is 97.4 Å². The smallest absolute Gasteiger partial charge is 0.192 e. The summed E-state index contributed by atoms with van der Waals surface area (Å²) >= 11 is 0. The van der Waals surface area contributed by atoms with E-state index in [2.05, 4.69) is 124 Å². The Morgan fingerprint density at radius 3 is 1.79 bits per heavy atom.